The minimum absolute atomic E-state index is 0.0499. The van der Waals surface area contributed by atoms with E-state index in [0.29, 0.717) is 5.75 Å². The molecule has 0 unspecified atom stereocenters. The van der Waals surface area contributed by atoms with Crippen molar-refractivity contribution in [2.75, 3.05) is 5.75 Å². The first-order chi connectivity index (χ1) is 9.43. The fourth-order valence-corrected chi connectivity index (χ4v) is 2.67. The number of amides is 1. The standard InChI is InChI=1S/C15H21N3OS/c1-5-15(2,3)17-13(19)10-20-14-16-11-8-6-7-9-12(11)18(14)4/h6-9H,5,10H2,1-4H3,(H,17,19). The van der Waals surface area contributed by atoms with Gasteiger partial charge in [-0.15, -0.1) is 0 Å². The molecule has 20 heavy (non-hydrogen) atoms. The number of rotatable bonds is 5. The maximum absolute atomic E-state index is 11.9. The van der Waals surface area contributed by atoms with Crippen LogP contribution in [0.4, 0.5) is 0 Å². The van der Waals surface area contributed by atoms with Gasteiger partial charge in [0.05, 0.1) is 16.8 Å². The molecule has 108 valence electrons. The quantitative estimate of drug-likeness (QED) is 0.862. The number of nitrogens with zero attached hydrogens (tertiary/aromatic N) is 2. The first-order valence-corrected chi connectivity index (χ1v) is 7.77. The summed E-state index contributed by atoms with van der Waals surface area (Å²) in [5, 5.41) is 3.90. The van der Waals surface area contributed by atoms with E-state index in [4.69, 9.17) is 0 Å². The van der Waals surface area contributed by atoms with Crippen molar-refractivity contribution < 1.29 is 4.79 Å². The van der Waals surface area contributed by atoms with Crippen LogP contribution in [0.15, 0.2) is 29.4 Å². The SMILES string of the molecule is CCC(C)(C)NC(=O)CSc1nc2ccccc2n1C. The second-order valence-electron chi connectivity index (χ2n) is 5.52. The second kappa shape index (κ2) is 5.87. The third kappa shape index (κ3) is 3.33. The summed E-state index contributed by atoms with van der Waals surface area (Å²) in [5.74, 6) is 0.439. The van der Waals surface area contributed by atoms with Crippen molar-refractivity contribution in [1.82, 2.24) is 14.9 Å². The van der Waals surface area contributed by atoms with E-state index in [9.17, 15) is 4.79 Å². The van der Waals surface area contributed by atoms with Crippen LogP contribution in [0.25, 0.3) is 11.0 Å². The number of carbonyl (C=O) groups excluding carboxylic acids is 1. The molecule has 5 heteroatoms. The van der Waals surface area contributed by atoms with Gasteiger partial charge < -0.3 is 9.88 Å². The average molecular weight is 291 g/mol. The van der Waals surface area contributed by atoms with Gasteiger partial charge in [-0.25, -0.2) is 4.98 Å². The summed E-state index contributed by atoms with van der Waals surface area (Å²) in [5.41, 5.74) is 1.90. The zero-order valence-corrected chi connectivity index (χ0v) is 13.3. The van der Waals surface area contributed by atoms with Crippen LogP contribution in [-0.2, 0) is 11.8 Å². The van der Waals surface area contributed by atoms with Crippen LogP contribution in [0.5, 0.6) is 0 Å². The van der Waals surface area contributed by atoms with Crippen LogP contribution >= 0.6 is 11.8 Å². The van der Waals surface area contributed by atoms with Crippen LogP contribution in [-0.4, -0.2) is 26.8 Å². The Morgan fingerprint density at radius 3 is 2.75 bits per heavy atom. The highest BCUT2D eigenvalue weighted by Gasteiger charge is 2.18. The number of hydrogen-bond acceptors (Lipinski definition) is 3. The average Bonchev–Trinajstić information content (AvgIpc) is 2.73. The van der Waals surface area contributed by atoms with Crippen LogP contribution in [0.2, 0.25) is 0 Å². The maximum atomic E-state index is 11.9. The molecule has 4 nitrogen and oxygen atoms in total. The summed E-state index contributed by atoms with van der Waals surface area (Å²) < 4.78 is 2.03. The van der Waals surface area contributed by atoms with E-state index in [1.54, 1.807) is 0 Å². The molecular formula is C15H21N3OS. The number of benzene rings is 1. The number of imidazole rings is 1. The summed E-state index contributed by atoms with van der Waals surface area (Å²) in [4.78, 5) is 16.5. The Morgan fingerprint density at radius 1 is 1.40 bits per heavy atom. The molecule has 0 aliphatic rings. The maximum Gasteiger partial charge on any atom is 0.230 e. The van der Waals surface area contributed by atoms with Gasteiger partial charge in [-0.3, -0.25) is 4.79 Å². The molecule has 1 aromatic heterocycles. The lowest BCUT2D eigenvalue weighted by atomic mass is 10.0. The molecule has 0 atom stereocenters. The van der Waals surface area contributed by atoms with Gasteiger partial charge in [0.1, 0.15) is 0 Å². The molecule has 0 saturated heterocycles. The van der Waals surface area contributed by atoms with Crippen molar-refractivity contribution in [3.8, 4) is 0 Å². The smallest absolute Gasteiger partial charge is 0.230 e. The zero-order valence-electron chi connectivity index (χ0n) is 12.4. The van der Waals surface area contributed by atoms with Crippen LogP contribution in [0, 0.1) is 0 Å². The molecule has 0 aliphatic heterocycles. The van der Waals surface area contributed by atoms with Crippen molar-refractivity contribution in [3.05, 3.63) is 24.3 Å². The third-order valence-electron chi connectivity index (χ3n) is 3.44. The van der Waals surface area contributed by atoms with Crippen molar-refractivity contribution in [2.45, 2.75) is 37.9 Å². The lowest BCUT2D eigenvalue weighted by Crippen LogP contribution is -2.43. The number of nitrogens with one attached hydrogen (secondary N) is 1. The monoisotopic (exact) mass is 291 g/mol. The fraction of sp³-hybridized carbons (Fsp3) is 0.467. The molecule has 0 fully saturated rings. The topological polar surface area (TPSA) is 46.9 Å². The van der Waals surface area contributed by atoms with Crippen molar-refractivity contribution >= 4 is 28.7 Å². The van der Waals surface area contributed by atoms with Crippen LogP contribution in [0.1, 0.15) is 27.2 Å². The lowest BCUT2D eigenvalue weighted by molar-refractivity contribution is -0.120. The van der Waals surface area contributed by atoms with E-state index in [-0.39, 0.29) is 11.4 Å². The van der Waals surface area contributed by atoms with Crippen LogP contribution in [0.3, 0.4) is 0 Å². The summed E-state index contributed by atoms with van der Waals surface area (Å²) in [6.07, 6.45) is 0.912. The number of aromatic nitrogens is 2. The number of carbonyl (C=O) groups is 1. The minimum Gasteiger partial charge on any atom is -0.351 e. The second-order valence-corrected chi connectivity index (χ2v) is 6.46. The Kier molecular flexibility index (Phi) is 4.38. The van der Waals surface area contributed by atoms with Gasteiger partial charge in [0.25, 0.3) is 0 Å². The number of hydrogen-bond donors (Lipinski definition) is 1. The van der Waals surface area contributed by atoms with E-state index < -0.39 is 0 Å². The van der Waals surface area contributed by atoms with E-state index in [1.165, 1.54) is 11.8 Å². The largest absolute Gasteiger partial charge is 0.351 e. The zero-order chi connectivity index (χ0) is 14.8. The number of para-hydroxylation sites is 2. The Bertz CT molecular complexity index is 619. The first kappa shape index (κ1) is 14.9. The van der Waals surface area contributed by atoms with Gasteiger partial charge >= 0.3 is 0 Å². The van der Waals surface area contributed by atoms with Gasteiger partial charge in [-0.1, -0.05) is 30.8 Å². The Hall–Kier alpha value is -1.49. The number of thioether (sulfide) groups is 1. The molecule has 0 radical (unpaired) electrons. The van der Waals surface area contributed by atoms with E-state index in [0.717, 1.165) is 22.6 Å². The highest BCUT2D eigenvalue weighted by molar-refractivity contribution is 7.99. The van der Waals surface area contributed by atoms with E-state index in [1.807, 2.05) is 49.7 Å². The van der Waals surface area contributed by atoms with Gasteiger partial charge in [-0.2, -0.15) is 0 Å². The predicted molar refractivity (Wildman–Crippen MR) is 84.0 cm³/mol. The van der Waals surface area contributed by atoms with Crippen LogP contribution < -0.4 is 5.32 Å². The van der Waals surface area contributed by atoms with Gasteiger partial charge in [0.15, 0.2) is 5.16 Å². The molecular weight excluding hydrogens is 270 g/mol. The van der Waals surface area contributed by atoms with Crippen molar-refractivity contribution in [1.29, 1.82) is 0 Å². The fourth-order valence-electron chi connectivity index (χ4n) is 1.88. The molecule has 1 heterocycles. The van der Waals surface area contributed by atoms with E-state index in [2.05, 4.69) is 17.2 Å². The Balaban J connectivity index is 2.03. The molecule has 0 spiro atoms. The summed E-state index contributed by atoms with van der Waals surface area (Å²) in [6.45, 7) is 6.13. The molecule has 1 N–H and O–H groups in total. The first-order valence-electron chi connectivity index (χ1n) is 6.78. The van der Waals surface area contributed by atoms with Gasteiger partial charge in [-0.05, 0) is 32.4 Å². The van der Waals surface area contributed by atoms with E-state index >= 15 is 0 Å². The molecule has 0 aliphatic carbocycles. The highest BCUT2D eigenvalue weighted by atomic mass is 32.2. The molecule has 0 bridgehead atoms. The molecule has 2 rings (SSSR count). The normalized spacial score (nSPS) is 11.8. The number of aryl methyl sites for hydroxylation is 1. The molecule has 2 aromatic rings. The highest BCUT2D eigenvalue weighted by Crippen LogP contribution is 2.22. The van der Waals surface area contributed by atoms with Gasteiger partial charge in [0, 0.05) is 12.6 Å². The Morgan fingerprint density at radius 2 is 2.10 bits per heavy atom. The third-order valence-corrected chi connectivity index (χ3v) is 4.47. The summed E-state index contributed by atoms with van der Waals surface area (Å²) >= 11 is 1.47. The minimum atomic E-state index is -0.149. The van der Waals surface area contributed by atoms with Gasteiger partial charge in [0.2, 0.25) is 5.91 Å². The molecule has 1 amide bonds. The molecule has 1 aromatic carbocycles. The Labute approximate surface area is 124 Å². The lowest BCUT2D eigenvalue weighted by Gasteiger charge is -2.24. The molecule has 0 saturated carbocycles. The number of fused-ring (bicyclic) bond motifs is 1. The van der Waals surface area contributed by atoms with Crippen molar-refractivity contribution in [3.63, 3.8) is 0 Å². The summed E-state index contributed by atoms with van der Waals surface area (Å²) in [7, 11) is 1.98. The predicted octanol–water partition coefficient (Wildman–Crippen LogP) is 2.97. The summed E-state index contributed by atoms with van der Waals surface area (Å²) in [6, 6.07) is 7.99. The van der Waals surface area contributed by atoms with Crippen molar-refractivity contribution in [2.24, 2.45) is 7.05 Å².